The number of rotatable bonds is 5. The van der Waals surface area contributed by atoms with E-state index in [4.69, 9.17) is 4.42 Å². The highest BCUT2D eigenvalue weighted by molar-refractivity contribution is 5.60. The zero-order chi connectivity index (χ0) is 14.1. The van der Waals surface area contributed by atoms with E-state index in [9.17, 15) is 14.5 Å². The lowest BCUT2D eigenvalue weighted by Crippen LogP contribution is -2.14. The molecule has 1 N–H and O–H groups in total. The Balaban J connectivity index is 1.77. The van der Waals surface area contributed by atoms with Crippen molar-refractivity contribution in [3.8, 4) is 11.3 Å². The van der Waals surface area contributed by atoms with Crippen molar-refractivity contribution in [2.45, 2.75) is 25.4 Å². The Labute approximate surface area is 114 Å². The summed E-state index contributed by atoms with van der Waals surface area (Å²) in [5.41, 5.74) is -0.0401. The summed E-state index contributed by atoms with van der Waals surface area (Å²) >= 11 is 0. The smallest absolute Gasteiger partial charge is 0.304 e. The van der Waals surface area contributed by atoms with Crippen LogP contribution in [0.25, 0.3) is 11.3 Å². The highest BCUT2D eigenvalue weighted by atomic mass is 19.1. The summed E-state index contributed by atoms with van der Waals surface area (Å²) in [5.74, 6) is 0.415. The first kappa shape index (κ1) is 12.8. The maximum absolute atomic E-state index is 13.6. The van der Waals surface area contributed by atoms with Crippen LogP contribution < -0.4 is 5.32 Å². The largest absolute Gasteiger partial charge is 0.460 e. The number of hydrogen-bond acceptors (Lipinski definition) is 4. The monoisotopic (exact) mass is 276 g/mol. The van der Waals surface area contributed by atoms with Gasteiger partial charge in [-0.25, -0.2) is 0 Å². The fourth-order valence-corrected chi connectivity index (χ4v) is 1.97. The quantitative estimate of drug-likeness (QED) is 0.672. The molecule has 0 atom stereocenters. The highest BCUT2D eigenvalue weighted by Crippen LogP contribution is 2.27. The van der Waals surface area contributed by atoms with Gasteiger partial charge in [-0.05, 0) is 37.1 Å². The molecule has 3 rings (SSSR count). The van der Waals surface area contributed by atoms with E-state index < -0.39 is 16.4 Å². The molecule has 0 unspecified atom stereocenters. The zero-order valence-corrected chi connectivity index (χ0v) is 10.6. The summed E-state index contributed by atoms with van der Waals surface area (Å²) in [6.07, 6.45) is 2.39. The van der Waals surface area contributed by atoms with Crippen molar-refractivity contribution in [3.63, 3.8) is 0 Å². The van der Waals surface area contributed by atoms with E-state index in [1.165, 1.54) is 18.9 Å². The second-order valence-electron chi connectivity index (χ2n) is 4.84. The number of nitrogens with zero attached hydrogens (tertiary/aromatic N) is 1. The molecule has 5 nitrogen and oxygen atoms in total. The molecule has 20 heavy (non-hydrogen) atoms. The first-order valence-electron chi connectivity index (χ1n) is 6.40. The van der Waals surface area contributed by atoms with Crippen LogP contribution in [0, 0.1) is 15.9 Å². The molecule has 1 aliphatic rings. The third-order valence-corrected chi connectivity index (χ3v) is 3.23. The first-order chi connectivity index (χ1) is 9.63. The molecule has 2 aromatic rings. The van der Waals surface area contributed by atoms with Gasteiger partial charge in [-0.2, -0.15) is 4.39 Å². The molecular weight excluding hydrogens is 263 g/mol. The minimum atomic E-state index is -0.860. The summed E-state index contributed by atoms with van der Waals surface area (Å²) in [6, 6.07) is 7.90. The zero-order valence-electron chi connectivity index (χ0n) is 10.6. The maximum Gasteiger partial charge on any atom is 0.304 e. The van der Waals surface area contributed by atoms with Gasteiger partial charge >= 0.3 is 5.69 Å². The van der Waals surface area contributed by atoms with Crippen LogP contribution in [0.3, 0.4) is 0 Å². The van der Waals surface area contributed by atoms with Gasteiger partial charge in [-0.15, -0.1) is 0 Å². The number of furan rings is 1. The summed E-state index contributed by atoms with van der Waals surface area (Å²) in [4.78, 5) is 9.82. The summed E-state index contributed by atoms with van der Waals surface area (Å²) in [7, 11) is 0. The highest BCUT2D eigenvalue weighted by Gasteiger charge is 2.21. The molecule has 1 aliphatic carbocycles. The number of hydrogen-bond donors (Lipinski definition) is 1. The Kier molecular flexibility index (Phi) is 3.23. The molecule has 6 heteroatoms. The van der Waals surface area contributed by atoms with Gasteiger partial charge < -0.3 is 9.73 Å². The molecule has 0 bridgehead atoms. The molecule has 0 radical (unpaired) electrons. The Morgan fingerprint density at radius 3 is 2.80 bits per heavy atom. The first-order valence-corrected chi connectivity index (χ1v) is 6.40. The Bertz CT molecular complexity index is 650. The van der Waals surface area contributed by atoms with Crippen molar-refractivity contribution in [1.82, 2.24) is 5.32 Å². The number of benzene rings is 1. The number of nitro benzene ring substituents is 1. The average Bonchev–Trinajstić information content (AvgIpc) is 3.13. The number of nitro groups is 1. The van der Waals surface area contributed by atoms with Gasteiger partial charge in [0.1, 0.15) is 11.5 Å². The SMILES string of the molecule is O=[N+]([O-])c1ccc(-c2ccc(CNC3CC3)o2)cc1F. The van der Waals surface area contributed by atoms with Crippen molar-refractivity contribution in [1.29, 1.82) is 0 Å². The van der Waals surface area contributed by atoms with Crippen LogP contribution in [-0.4, -0.2) is 11.0 Å². The summed E-state index contributed by atoms with van der Waals surface area (Å²) < 4.78 is 19.2. The molecule has 0 amide bonds. The standard InChI is InChI=1S/C14H13FN2O3/c15-12-7-9(1-5-13(12)17(18)19)14-6-4-11(20-14)8-16-10-2-3-10/h1,4-7,10,16H,2-3,8H2. The van der Waals surface area contributed by atoms with Crippen LogP contribution in [0.1, 0.15) is 18.6 Å². The molecular formula is C14H13FN2O3. The van der Waals surface area contributed by atoms with Gasteiger partial charge in [0, 0.05) is 17.7 Å². The molecule has 1 aromatic carbocycles. The molecule has 0 saturated heterocycles. The van der Waals surface area contributed by atoms with E-state index >= 15 is 0 Å². The van der Waals surface area contributed by atoms with Crippen molar-refractivity contribution in [2.24, 2.45) is 0 Å². The van der Waals surface area contributed by atoms with Crippen LogP contribution in [0.4, 0.5) is 10.1 Å². The van der Waals surface area contributed by atoms with Crippen LogP contribution >= 0.6 is 0 Å². The molecule has 1 aromatic heterocycles. The number of nitrogens with one attached hydrogen (secondary N) is 1. The molecule has 1 heterocycles. The van der Waals surface area contributed by atoms with E-state index in [2.05, 4.69) is 5.32 Å². The topological polar surface area (TPSA) is 68.3 Å². The second-order valence-corrected chi connectivity index (χ2v) is 4.84. The van der Waals surface area contributed by atoms with Gasteiger partial charge in [-0.1, -0.05) is 0 Å². The lowest BCUT2D eigenvalue weighted by Gasteiger charge is -2.00. The maximum atomic E-state index is 13.6. The van der Waals surface area contributed by atoms with Gasteiger partial charge in [0.25, 0.3) is 0 Å². The fourth-order valence-electron chi connectivity index (χ4n) is 1.97. The normalized spacial score (nSPS) is 14.4. The molecule has 0 aliphatic heterocycles. The van der Waals surface area contributed by atoms with Gasteiger partial charge in [0.15, 0.2) is 0 Å². The number of halogens is 1. The van der Waals surface area contributed by atoms with E-state index in [1.807, 2.05) is 6.07 Å². The average molecular weight is 276 g/mol. The van der Waals surface area contributed by atoms with E-state index in [0.29, 0.717) is 23.9 Å². The minimum Gasteiger partial charge on any atom is -0.460 e. The van der Waals surface area contributed by atoms with E-state index in [-0.39, 0.29) is 0 Å². The third kappa shape index (κ3) is 2.70. The fraction of sp³-hybridized carbons (Fsp3) is 0.286. The molecule has 1 fully saturated rings. The molecule has 0 spiro atoms. The Hall–Kier alpha value is -2.21. The predicted octanol–water partition coefficient (Wildman–Crippen LogP) is 3.25. The van der Waals surface area contributed by atoms with Crippen LogP contribution in [-0.2, 0) is 6.54 Å². The van der Waals surface area contributed by atoms with Crippen molar-refractivity contribution < 1.29 is 13.7 Å². The molecule has 104 valence electrons. The lowest BCUT2D eigenvalue weighted by molar-refractivity contribution is -0.387. The predicted molar refractivity (Wildman–Crippen MR) is 70.6 cm³/mol. The molecule has 1 saturated carbocycles. The second kappa shape index (κ2) is 5.05. The summed E-state index contributed by atoms with van der Waals surface area (Å²) in [6.45, 7) is 0.639. The Morgan fingerprint density at radius 2 is 2.15 bits per heavy atom. The van der Waals surface area contributed by atoms with Crippen molar-refractivity contribution in [3.05, 3.63) is 52.0 Å². The van der Waals surface area contributed by atoms with Crippen LogP contribution in [0.5, 0.6) is 0 Å². The van der Waals surface area contributed by atoms with Gasteiger partial charge in [0.2, 0.25) is 5.82 Å². The Morgan fingerprint density at radius 1 is 1.35 bits per heavy atom. The van der Waals surface area contributed by atoms with Crippen molar-refractivity contribution >= 4 is 5.69 Å². The summed E-state index contributed by atoms with van der Waals surface area (Å²) in [5, 5.41) is 13.9. The van der Waals surface area contributed by atoms with Gasteiger partial charge in [0.05, 0.1) is 11.5 Å². The minimum absolute atomic E-state index is 0.491. The lowest BCUT2D eigenvalue weighted by atomic mass is 10.1. The third-order valence-electron chi connectivity index (χ3n) is 3.23. The van der Waals surface area contributed by atoms with E-state index in [1.54, 1.807) is 6.07 Å². The van der Waals surface area contributed by atoms with Crippen molar-refractivity contribution in [2.75, 3.05) is 0 Å². The van der Waals surface area contributed by atoms with Crippen LogP contribution in [0.2, 0.25) is 0 Å². The van der Waals surface area contributed by atoms with Gasteiger partial charge in [-0.3, -0.25) is 10.1 Å². The van der Waals surface area contributed by atoms with Crippen LogP contribution in [0.15, 0.2) is 34.7 Å². The van der Waals surface area contributed by atoms with E-state index in [0.717, 1.165) is 17.9 Å².